The van der Waals surface area contributed by atoms with Crippen LogP contribution in [-0.4, -0.2) is 54.4 Å². The predicted molar refractivity (Wildman–Crippen MR) is 131 cm³/mol. The highest BCUT2D eigenvalue weighted by Gasteiger charge is 2.63. The average molecular weight is 488 g/mol. The first-order valence-electron chi connectivity index (χ1n) is 14.0. The van der Waals surface area contributed by atoms with Crippen LogP contribution >= 0.6 is 0 Å². The van der Waals surface area contributed by atoms with E-state index in [1.165, 1.54) is 31.2 Å². The van der Waals surface area contributed by atoms with Crippen molar-refractivity contribution in [2.24, 2.45) is 29.1 Å². The van der Waals surface area contributed by atoms with Gasteiger partial charge in [0.25, 0.3) is 0 Å². The molecule has 2 heterocycles. The Morgan fingerprint density at radius 2 is 2.03 bits per heavy atom. The number of nitrogens with zero attached hydrogens (tertiary/aromatic N) is 1. The molecule has 5 nitrogen and oxygen atoms in total. The van der Waals surface area contributed by atoms with Crippen LogP contribution in [0, 0.1) is 36.0 Å². The van der Waals surface area contributed by atoms with Crippen molar-refractivity contribution < 1.29 is 23.7 Å². The number of hydrogen-bond donors (Lipinski definition) is 1. The molecule has 0 bridgehead atoms. The maximum Gasteiger partial charge on any atom is 0.213 e. The first-order chi connectivity index (χ1) is 16.8. The van der Waals surface area contributed by atoms with Crippen LogP contribution in [0.25, 0.3) is 0 Å². The fourth-order valence-corrected chi connectivity index (χ4v) is 7.96. The Balaban J connectivity index is 1.00. The molecule has 4 saturated carbocycles. The van der Waals surface area contributed by atoms with Crippen LogP contribution in [0.2, 0.25) is 0 Å². The third kappa shape index (κ3) is 4.75. The third-order valence-corrected chi connectivity index (χ3v) is 10.4. The van der Waals surface area contributed by atoms with Crippen LogP contribution < -0.4 is 4.74 Å². The lowest BCUT2D eigenvalue weighted by Gasteiger charge is -2.38. The summed E-state index contributed by atoms with van der Waals surface area (Å²) in [5, 5.41) is 10.1. The van der Waals surface area contributed by atoms with Gasteiger partial charge in [0.05, 0.1) is 32.5 Å². The highest BCUT2D eigenvalue weighted by molar-refractivity contribution is 5.31. The van der Waals surface area contributed by atoms with E-state index < -0.39 is 11.8 Å². The second-order valence-corrected chi connectivity index (χ2v) is 12.8. The minimum Gasteiger partial charge on any atom is -0.478 e. The fraction of sp³-hybridized carbons (Fsp3) is 0.828. The van der Waals surface area contributed by atoms with Gasteiger partial charge in [-0.05, 0) is 98.5 Å². The quantitative estimate of drug-likeness (QED) is 0.534. The highest BCUT2D eigenvalue weighted by Crippen LogP contribution is 2.71. The van der Waals surface area contributed by atoms with E-state index in [-0.39, 0.29) is 5.92 Å². The van der Waals surface area contributed by atoms with Crippen LogP contribution in [-0.2, 0) is 9.47 Å². The molecule has 1 aliphatic heterocycles. The molecule has 1 saturated heterocycles. The van der Waals surface area contributed by atoms with Crippen molar-refractivity contribution in [3.05, 3.63) is 23.4 Å². The highest BCUT2D eigenvalue weighted by atomic mass is 19.1. The Hall–Kier alpha value is -1.24. The lowest BCUT2D eigenvalue weighted by molar-refractivity contribution is -0.184. The van der Waals surface area contributed by atoms with E-state index >= 15 is 0 Å². The van der Waals surface area contributed by atoms with Crippen LogP contribution in [0.4, 0.5) is 4.39 Å². The van der Waals surface area contributed by atoms with Gasteiger partial charge in [-0.25, -0.2) is 9.37 Å². The molecule has 0 spiro atoms. The summed E-state index contributed by atoms with van der Waals surface area (Å²) in [7, 11) is 0. The molecule has 0 amide bonds. The van der Waals surface area contributed by atoms with E-state index in [1.807, 2.05) is 12.3 Å². The summed E-state index contributed by atoms with van der Waals surface area (Å²) in [6.45, 7) is 6.33. The number of pyridine rings is 1. The standard InChI is InChI=1S/C29H42FNO4/c1-18-9-27(34-8-7-29(32)16-33-17-29)31-14-24(18)19-3-6-26(30)21(10-19)15-35-23-4-5-25-20(12-23)11-22-13-28(22,25)2/h9,14,19-23,25-26,32H,3-8,10-13,15-17H2,1-2H3. The molecule has 0 aromatic carbocycles. The Bertz CT molecular complexity index is 922. The van der Waals surface area contributed by atoms with Gasteiger partial charge in [0, 0.05) is 24.6 Å². The van der Waals surface area contributed by atoms with E-state index in [4.69, 9.17) is 14.2 Å². The minimum atomic E-state index is -0.766. The molecule has 8 atom stereocenters. The van der Waals surface area contributed by atoms with Crippen molar-refractivity contribution in [2.45, 2.75) is 95.4 Å². The van der Waals surface area contributed by atoms with Crippen molar-refractivity contribution in [3.8, 4) is 5.88 Å². The number of rotatable bonds is 8. The summed E-state index contributed by atoms with van der Waals surface area (Å²) in [6, 6.07) is 1.98. The Labute approximate surface area is 209 Å². The molecule has 5 fully saturated rings. The molecule has 6 heteroatoms. The number of fused-ring (bicyclic) bond motifs is 3. The van der Waals surface area contributed by atoms with Gasteiger partial charge in [-0.15, -0.1) is 0 Å². The van der Waals surface area contributed by atoms with Crippen LogP contribution in [0.1, 0.15) is 81.8 Å². The van der Waals surface area contributed by atoms with E-state index in [0.29, 0.717) is 62.6 Å². The summed E-state index contributed by atoms with van der Waals surface area (Å²) < 4.78 is 32.2. The number of hydrogen-bond acceptors (Lipinski definition) is 5. The van der Waals surface area contributed by atoms with Gasteiger partial charge in [-0.2, -0.15) is 0 Å². The SMILES string of the molecule is Cc1cc(OCCC2(O)COC2)ncc1C1CCC(F)C(COC2CCC3C(C2)CC2CC23C)C1. The molecule has 0 radical (unpaired) electrons. The summed E-state index contributed by atoms with van der Waals surface area (Å²) in [4.78, 5) is 4.53. The summed E-state index contributed by atoms with van der Waals surface area (Å²) in [5.41, 5.74) is 2.26. The summed E-state index contributed by atoms with van der Waals surface area (Å²) in [5.74, 6) is 3.62. The van der Waals surface area contributed by atoms with Crippen LogP contribution in [0.3, 0.4) is 0 Å². The van der Waals surface area contributed by atoms with Crippen molar-refractivity contribution in [2.75, 3.05) is 26.4 Å². The number of alkyl halides is 1. The van der Waals surface area contributed by atoms with Crippen molar-refractivity contribution in [1.29, 1.82) is 0 Å². The van der Waals surface area contributed by atoms with Gasteiger partial charge in [0.1, 0.15) is 11.8 Å². The number of aryl methyl sites for hydroxylation is 1. The van der Waals surface area contributed by atoms with Gasteiger partial charge in [0.2, 0.25) is 5.88 Å². The normalized spacial score (nSPS) is 41.5. The van der Waals surface area contributed by atoms with Crippen molar-refractivity contribution in [3.63, 3.8) is 0 Å². The number of halogens is 1. The largest absolute Gasteiger partial charge is 0.478 e. The van der Waals surface area contributed by atoms with Crippen molar-refractivity contribution >= 4 is 0 Å². The van der Waals surface area contributed by atoms with E-state index in [2.05, 4.69) is 18.8 Å². The van der Waals surface area contributed by atoms with Gasteiger partial charge in [0.15, 0.2) is 0 Å². The zero-order chi connectivity index (χ0) is 24.2. The van der Waals surface area contributed by atoms with E-state index in [9.17, 15) is 9.50 Å². The molecular formula is C29H42FNO4. The van der Waals surface area contributed by atoms with Crippen LogP contribution in [0.15, 0.2) is 12.3 Å². The second kappa shape index (κ2) is 9.25. The number of aliphatic hydroxyl groups is 1. The average Bonchev–Trinajstić information content (AvgIpc) is 3.39. The van der Waals surface area contributed by atoms with Gasteiger partial charge in [-0.1, -0.05) is 6.92 Å². The zero-order valence-corrected chi connectivity index (χ0v) is 21.4. The van der Waals surface area contributed by atoms with Gasteiger partial charge >= 0.3 is 0 Å². The topological polar surface area (TPSA) is 60.8 Å². The molecule has 1 aromatic rings. The zero-order valence-electron chi connectivity index (χ0n) is 21.4. The Morgan fingerprint density at radius 1 is 1.17 bits per heavy atom. The minimum absolute atomic E-state index is 0.0262. The molecule has 1 N–H and O–H groups in total. The monoisotopic (exact) mass is 487 g/mol. The van der Waals surface area contributed by atoms with Gasteiger partial charge < -0.3 is 19.3 Å². The maximum absolute atomic E-state index is 14.9. The van der Waals surface area contributed by atoms with Crippen molar-refractivity contribution in [1.82, 2.24) is 4.98 Å². The fourth-order valence-electron chi connectivity index (χ4n) is 7.96. The van der Waals surface area contributed by atoms with Crippen LogP contribution in [0.5, 0.6) is 5.88 Å². The third-order valence-electron chi connectivity index (χ3n) is 10.4. The molecule has 35 heavy (non-hydrogen) atoms. The molecule has 8 unspecified atom stereocenters. The maximum atomic E-state index is 14.9. The Morgan fingerprint density at radius 3 is 2.80 bits per heavy atom. The molecule has 4 aliphatic carbocycles. The molecular weight excluding hydrogens is 445 g/mol. The first-order valence-corrected chi connectivity index (χ1v) is 14.0. The number of ether oxygens (including phenoxy) is 3. The van der Waals surface area contributed by atoms with Gasteiger partial charge in [-0.3, -0.25) is 0 Å². The lowest BCUT2D eigenvalue weighted by Crippen LogP contribution is -2.50. The summed E-state index contributed by atoms with van der Waals surface area (Å²) in [6.07, 6.45) is 10.8. The first kappa shape index (κ1) is 24.1. The lowest BCUT2D eigenvalue weighted by atomic mass is 9.73. The summed E-state index contributed by atoms with van der Waals surface area (Å²) >= 11 is 0. The second-order valence-electron chi connectivity index (χ2n) is 12.8. The molecule has 5 aliphatic rings. The molecule has 194 valence electrons. The Kier molecular flexibility index (Phi) is 6.38. The predicted octanol–water partition coefficient (Wildman–Crippen LogP) is 5.37. The van der Waals surface area contributed by atoms with E-state index in [0.717, 1.165) is 42.6 Å². The smallest absolute Gasteiger partial charge is 0.213 e. The molecule has 1 aromatic heterocycles. The van der Waals surface area contributed by atoms with E-state index in [1.54, 1.807) is 0 Å². The number of aromatic nitrogens is 1. The molecule has 6 rings (SSSR count).